The maximum Gasteiger partial charge on any atom is 0.229 e. The lowest BCUT2D eigenvalue weighted by atomic mass is 10.1. The highest BCUT2D eigenvalue weighted by Crippen LogP contribution is 2.31. The number of aryl methyl sites for hydroxylation is 1. The van der Waals surface area contributed by atoms with E-state index in [0.717, 1.165) is 54.1 Å². The molecule has 2 N–H and O–H groups in total. The van der Waals surface area contributed by atoms with E-state index >= 15 is 0 Å². The molecule has 1 saturated heterocycles. The van der Waals surface area contributed by atoms with Crippen LogP contribution < -0.4 is 15.5 Å². The van der Waals surface area contributed by atoms with Crippen LogP contribution in [-0.4, -0.2) is 52.1 Å². The van der Waals surface area contributed by atoms with Crippen molar-refractivity contribution in [3.8, 4) is 0 Å². The quantitative estimate of drug-likeness (QED) is 0.569. The molecule has 7 nitrogen and oxygen atoms in total. The molecule has 0 spiro atoms. The van der Waals surface area contributed by atoms with E-state index in [1.165, 1.54) is 19.4 Å². The number of piperazine rings is 1. The average molecular weight is 430 g/mol. The minimum Gasteiger partial charge on any atom is -0.354 e. The van der Waals surface area contributed by atoms with Gasteiger partial charge in [0.2, 0.25) is 5.95 Å². The number of nitrogens with one attached hydrogen (secondary N) is 2. The first-order chi connectivity index (χ1) is 15.6. The highest BCUT2D eigenvalue weighted by atomic mass is 15.3. The van der Waals surface area contributed by atoms with Crippen LogP contribution in [0.1, 0.15) is 25.3 Å². The standard InChI is InChI=1S/C25H31N7/c1-18-14-27-25(30-24(18)28-21-6-4-3-5-7-21)29-22-10-11-23(26-15-22)32-13-12-31(19(2)16-32)17-20-8-9-20/h3-7,10-11,14-15,19-20H,8-9,12-13,16-17H2,1-2H3,(H2,27,28,29,30). The van der Waals surface area contributed by atoms with Crippen molar-refractivity contribution in [3.05, 3.63) is 60.4 Å². The lowest BCUT2D eigenvalue weighted by Crippen LogP contribution is -2.52. The molecular formula is C25H31N7. The van der Waals surface area contributed by atoms with E-state index in [4.69, 9.17) is 4.98 Å². The van der Waals surface area contributed by atoms with Crippen LogP contribution in [0.5, 0.6) is 0 Å². The Morgan fingerprint density at radius 1 is 0.938 bits per heavy atom. The molecule has 0 bridgehead atoms. The van der Waals surface area contributed by atoms with Gasteiger partial charge in [0.1, 0.15) is 11.6 Å². The molecule has 5 rings (SSSR count). The molecule has 32 heavy (non-hydrogen) atoms. The number of rotatable bonds is 7. The van der Waals surface area contributed by atoms with Crippen LogP contribution in [-0.2, 0) is 0 Å². The number of aromatic nitrogens is 3. The van der Waals surface area contributed by atoms with Crippen molar-refractivity contribution in [2.75, 3.05) is 41.7 Å². The molecule has 2 aromatic heterocycles. The SMILES string of the molecule is Cc1cnc(Nc2ccc(N3CCN(CC4CC4)C(C)C3)nc2)nc1Nc1ccccc1. The van der Waals surface area contributed by atoms with E-state index in [2.05, 4.69) is 49.5 Å². The zero-order valence-corrected chi connectivity index (χ0v) is 18.8. The van der Waals surface area contributed by atoms with Crippen molar-refractivity contribution in [1.82, 2.24) is 19.9 Å². The van der Waals surface area contributed by atoms with Crippen molar-refractivity contribution in [1.29, 1.82) is 0 Å². The third-order valence-corrected chi connectivity index (χ3v) is 6.29. The average Bonchev–Trinajstić information content (AvgIpc) is 3.63. The summed E-state index contributed by atoms with van der Waals surface area (Å²) in [6, 6.07) is 14.7. The van der Waals surface area contributed by atoms with Gasteiger partial charge in [0.25, 0.3) is 0 Å². The number of hydrogen-bond donors (Lipinski definition) is 2. The zero-order valence-electron chi connectivity index (χ0n) is 18.8. The van der Waals surface area contributed by atoms with E-state index in [-0.39, 0.29) is 0 Å². The lowest BCUT2D eigenvalue weighted by Gasteiger charge is -2.40. The largest absolute Gasteiger partial charge is 0.354 e. The minimum absolute atomic E-state index is 0.547. The van der Waals surface area contributed by atoms with E-state index in [1.807, 2.05) is 49.6 Å². The molecule has 0 amide bonds. The number of anilines is 5. The smallest absolute Gasteiger partial charge is 0.229 e. The highest BCUT2D eigenvalue weighted by molar-refractivity contribution is 5.62. The van der Waals surface area contributed by atoms with E-state index in [1.54, 1.807) is 0 Å². The summed E-state index contributed by atoms with van der Waals surface area (Å²) in [4.78, 5) is 18.8. The van der Waals surface area contributed by atoms with Crippen molar-refractivity contribution in [3.63, 3.8) is 0 Å². The Kier molecular flexibility index (Phi) is 5.90. The highest BCUT2D eigenvalue weighted by Gasteiger charge is 2.30. The summed E-state index contributed by atoms with van der Waals surface area (Å²) in [5.41, 5.74) is 2.87. The third kappa shape index (κ3) is 4.99. The molecule has 0 radical (unpaired) electrons. The Bertz CT molecular complexity index is 1030. The zero-order chi connectivity index (χ0) is 21.9. The van der Waals surface area contributed by atoms with Gasteiger partial charge in [-0.1, -0.05) is 18.2 Å². The van der Waals surface area contributed by atoms with Crippen LogP contribution in [0.4, 0.5) is 29.0 Å². The van der Waals surface area contributed by atoms with Gasteiger partial charge in [-0.05, 0) is 56.9 Å². The van der Waals surface area contributed by atoms with Gasteiger partial charge in [-0.25, -0.2) is 9.97 Å². The summed E-state index contributed by atoms with van der Waals surface area (Å²) in [7, 11) is 0. The lowest BCUT2D eigenvalue weighted by molar-refractivity contribution is 0.181. The monoisotopic (exact) mass is 429 g/mol. The van der Waals surface area contributed by atoms with Crippen LogP contribution in [0.25, 0.3) is 0 Å². The maximum atomic E-state index is 4.71. The normalized spacial score (nSPS) is 19.1. The number of hydrogen-bond acceptors (Lipinski definition) is 7. The summed E-state index contributed by atoms with van der Waals surface area (Å²) in [6.45, 7) is 8.78. The Hall–Kier alpha value is -3.19. The summed E-state index contributed by atoms with van der Waals surface area (Å²) in [6.07, 6.45) is 6.52. The number of para-hydroxylation sites is 1. The molecule has 1 atom stereocenters. The second kappa shape index (κ2) is 9.12. The first kappa shape index (κ1) is 20.7. The summed E-state index contributed by atoms with van der Waals surface area (Å²) in [5, 5.41) is 6.64. The summed E-state index contributed by atoms with van der Waals surface area (Å²) >= 11 is 0. The van der Waals surface area contributed by atoms with Crippen LogP contribution in [0, 0.1) is 12.8 Å². The van der Waals surface area contributed by atoms with E-state index in [9.17, 15) is 0 Å². The Labute approximate surface area is 189 Å². The van der Waals surface area contributed by atoms with Gasteiger partial charge in [0, 0.05) is 49.7 Å². The van der Waals surface area contributed by atoms with Gasteiger partial charge < -0.3 is 15.5 Å². The van der Waals surface area contributed by atoms with Gasteiger partial charge >= 0.3 is 0 Å². The molecule has 2 aliphatic rings. The first-order valence-electron chi connectivity index (χ1n) is 11.5. The summed E-state index contributed by atoms with van der Waals surface area (Å²) < 4.78 is 0. The van der Waals surface area contributed by atoms with Crippen molar-refractivity contribution < 1.29 is 0 Å². The van der Waals surface area contributed by atoms with E-state index in [0.29, 0.717) is 12.0 Å². The fourth-order valence-corrected chi connectivity index (χ4v) is 4.17. The van der Waals surface area contributed by atoms with Gasteiger partial charge in [0.15, 0.2) is 0 Å². The molecule has 2 fully saturated rings. The van der Waals surface area contributed by atoms with Crippen LogP contribution in [0.15, 0.2) is 54.9 Å². The maximum absolute atomic E-state index is 4.71. The van der Waals surface area contributed by atoms with Crippen LogP contribution in [0.3, 0.4) is 0 Å². The van der Waals surface area contributed by atoms with Crippen molar-refractivity contribution >= 4 is 29.0 Å². The molecular weight excluding hydrogens is 398 g/mol. The molecule has 1 aromatic carbocycles. The minimum atomic E-state index is 0.547. The van der Waals surface area contributed by atoms with Gasteiger partial charge in [-0.15, -0.1) is 0 Å². The van der Waals surface area contributed by atoms with Crippen molar-refractivity contribution in [2.24, 2.45) is 5.92 Å². The predicted octanol–water partition coefficient (Wildman–Crippen LogP) is 4.59. The molecule has 1 unspecified atom stereocenters. The second-order valence-electron chi connectivity index (χ2n) is 8.98. The number of benzene rings is 1. The molecule has 3 heterocycles. The third-order valence-electron chi connectivity index (χ3n) is 6.29. The first-order valence-corrected chi connectivity index (χ1v) is 11.5. The molecule has 1 aliphatic carbocycles. The molecule has 166 valence electrons. The number of pyridine rings is 1. The summed E-state index contributed by atoms with van der Waals surface area (Å²) in [5.74, 6) is 3.31. The van der Waals surface area contributed by atoms with E-state index < -0.39 is 0 Å². The predicted molar refractivity (Wildman–Crippen MR) is 130 cm³/mol. The molecule has 1 saturated carbocycles. The molecule has 1 aliphatic heterocycles. The molecule has 7 heteroatoms. The Morgan fingerprint density at radius 3 is 2.50 bits per heavy atom. The van der Waals surface area contributed by atoms with Gasteiger partial charge in [-0.3, -0.25) is 4.90 Å². The van der Waals surface area contributed by atoms with Crippen molar-refractivity contribution in [2.45, 2.75) is 32.7 Å². The fourth-order valence-electron chi connectivity index (χ4n) is 4.17. The van der Waals surface area contributed by atoms with Gasteiger partial charge in [-0.2, -0.15) is 4.98 Å². The van der Waals surface area contributed by atoms with Crippen LogP contribution in [0.2, 0.25) is 0 Å². The van der Waals surface area contributed by atoms with Crippen LogP contribution >= 0.6 is 0 Å². The molecule has 3 aromatic rings. The Morgan fingerprint density at radius 2 is 1.78 bits per heavy atom. The van der Waals surface area contributed by atoms with Gasteiger partial charge in [0.05, 0.1) is 11.9 Å². The number of nitrogens with zero attached hydrogens (tertiary/aromatic N) is 5. The Balaban J connectivity index is 1.22. The second-order valence-corrected chi connectivity index (χ2v) is 8.98. The topological polar surface area (TPSA) is 69.2 Å². The fraction of sp³-hybridized carbons (Fsp3) is 0.400.